The Balaban J connectivity index is 1.88. The first-order valence-corrected chi connectivity index (χ1v) is 6.92. The van der Waals surface area contributed by atoms with Gasteiger partial charge in [0, 0.05) is 27.9 Å². The summed E-state index contributed by atoms with van der Waals surface area (Å²) >= 11 is 5.02. The van der Waals surface area contributed by atoms with Gasteiger partial charge in [0.1, 0.15) is 0 Å². The second kappa shape index (κ2) is 5.43. The summed E-state index contributed by atoms with van der Waals surface area (Å²) in [5, 5.41) is 12.1. The molecule has 1 N–H and O–H groups in total. The predicted octanol–water partition coefficient (Wildman–Crippen LogP) is 3.36. The SMILES string of the molecule is OC(CC1CCOCC1)c1cc(Br)cs1. The molecule has 0 radical (unpaired) electrons. The Kier molecular flexibility index (Phi) is 4.20. The maximum Gasteiger partial charge on any atom is 0.0885 e. The van der Waals surface area contributed by atoms with Crippen LogP contribution in [0.3, 0.4) is 0 Å². The minimum Gasteiger partial charge on any atom is -0.388 e. The number of aliphatic hydroxyl groups excluding tert-OH is 1. The predicted molar refractivity (Wildman–Crippen MR) is 65.1 cm³/mol. The third kappa shape index (κ3) is 3.28. The van der Waals surface area contributed by atoms with Crippen LogP contribution in [0.4, 0.5) is 0 Å². The lowest BCUT2D eigenvalue weighted by molar-refractivity contribution is 0.0442. The number of ether oxygens (including phenoxy) is 1. The van der Waals surface area contributed by atoms with Crippen LogP contribution in [0.5, 0.6) is 0 Å². The molecule has 1 saturated heterocycles. The van der Waals surface area contributed by atoms with Crippen LogP contribution in [0, 0.1) is 5.92 Å². The highest BCUT2D eigenvalue weighted by Gasteiger charge is 2.19. The third-order valence-corrected chi connectivity index (χ3v) is 4.61. The Morgan fingerprint density at radius 1 is 1.53 bits per heavy atom. The molecule has 0 aromatic carbocycles. The van der Waals surface area contributed by atoms with E-state index < -0.39 is 0 Å². The number of rotatable bonds is 3. The summed E-state index contributed by atoms with van der Waals surface area (Å²) in [7, 11) is 0. The molecule has 0 saturated carbocycles. The number of hydrogen-bond acceptors (Lipinski definition) is 3. The van der Waals surface area contributed by atoms with Crippen molar-refractivity contribution in [3.63, 3.8) is 0 Å². The van der Waals surface area contributed by atoms with E-state index in [9.17, 15) is 5.11 Å². The molecule has 1 fully saturated rings. The van der Waals surface area contributed by atoms with Gasteiger partial charge in [-0.3, -0.25) is 0 Å². The lowest BCUT2D eigenvalue weighted by Gasteiger charge is -2.23. The molecule has 4 heteroatoms. The van der Waals surface area contributed by atoms with E-state index in [1.807, 2.05) is 11.4 Å². The molecule has 0 bridgehead atoms. The molecule has 2 heterocycles. The van der Waals surface area contributed by atoms with Gasteiger partial charge in [-0.25, -0.2) is 0 Å². The molecule has 0 aliphatic carbocycles. The van der Waals surface area contributed by atoms with Gasteiger partial charge in [-0.1, -0.05) is 0 Å². The quantitative estimate of drug-likeness (QED) is 0.925. The Labute approximate surface area is 102 Å². The molecular formula is C11H15BrO2S. The van der Waals surface area contributed by atoms with Gasteiger partial charge in [0.25, 0.3) is 0 Å². The number of aliphatic hydroxyl groups is 1. The van der Waals surface area contributed by atoms with Crippen LogP contribution < -0.4 is 0 Å². The summed E-state index contributed by atoms with van der Waals surface area (Å²) in [5.41, 5.74) is 0. The van der Waals surface area contributed by atoms with Crippen LogP contribution in [-0.4, -0.2) is 18.3 Å². The molecule has 1 unspecified atom stereocenters. The van der Waals surface area contributed by atoms with Crippen LogP contribution in [0.2, 0.25) is 0 Å². The molecule has 1 aromatic rings. The molecule has 1 aliphatic heterocycles. The normalized spacial score (nSPS) is 20.4. The maximum absolute atomic E-state index is 10.0. The van der Waals surface area contributed by atoms with E-state index in [-0.39, 0.29) is 6.10 Å². The zero-order chi connectivity index (χ0) is 10.7. The minimum absolute atomic E-state index is 0.301. The zero-order valence-electron chi connectivity index (χ0n) is 8.49. The van der Waals surface area contributed by atoms with E-state index in [0.29, 0.717) is 5.92 Å². The Morgan fingerprint density at radius 3 is 2.87 bits per heavy atom. The van der Waals surface area contributed by atoms with Gasteiger partial charge in [0.05, 0.1) is 6.10 Å². The van der Waals surface area contributed by atoms with Crippen LogP contribution in [0.25, 0.3) is 0 Å². The van der Waals surface area contributed by atoms with Gasteiger partial charge < -0.3 is 9.84 Å². The molecule has 2 nitrogen and oxygen atoms in total. The molecule has 2 rings (SSSR count). The van der Waals surface area contributed by atoms with E-state index >= 15 is 0 Å². The monoisotopic (exact) mass is 290 g/mol. The molecule has 15 heavy (non-hydrogen) atoms. The Morgan fingerprint density at radius 2 is 2.27 bits per heavy atom. The highest BCUT2D eigenvalue weighted by molar-refractivity contribution is 9.10. The topological polar surface area (TPSA) is 29.5 Å². The van der Waals surface area contributed by atoms with E-state index in [1.165, 1.54) is 0 Å². The molecular weight excluding hydrogens is 276 g/mol. The fourth-order valence-corrected chi connectivity index (χ4v) is 3.36. The van der Waals surface area contributed by atoms with Gasteiger partial charge >= 0.3 is 0 Å². The fourth-order valence-electron chi connectivity index (χ4n) is 1.92. The van der Waals surface area contributed by atoms with Gasteiger partial charge in [0.15, 0.2) is 0 Å². The fraction of sp³-hybridized carbons (Fsp3) is 0.636. The molecule has 1 aliphatic rings. The second-order valence-corrected chi connectivity index (χ2v) is 5.83. The van der Waals surface area contributed by atoms with Gasteiger partial charge in [-0.2, -0.15) is 0 Å². The van der Waals surface area contributed by atoms with Crippen molar-refractivity contribution in [1.82, 2.24) is 0 Å². The van der Waals surface area contributed by atoms with Crippen molar-refractivity contribution in [2.24, 2.45) is 5.92 Å². The van der Waals surface area contributed by atoms with E-state index in [1.54, 1.807) is 11.3 Å². The van der Waals surface area contributed by atoms with Gasteiger partial charge in [-0.05, 0) is 47.2 Å². The summed E-state index contributed by atoms with van der Waals surface area (Å²) in [4.78, 5) is 1.06. The average molecular weight is 291 g/mol. The van der Waals surface area contributed by atoms with Crippen molar-refractivity contribution in [2.75, 3.05) is 13.2 Å². The van der Waals surface area contributed by atoms with Crippen molar-refractivity contribution in [3.8, 4) is 0 Å². The van der Waals surface area contributed by atoms with E-state index in [2.05, 4.69) is 15.9 Å². The maximum atomic E-state index is 10.0. The van der Waals surface area contributed by atoms with Crippen molar-refractivity contribution in [2.45, 2.75) is 25.4 Å². The molecule has 0 spiro atoms. The number of halogens is 1. The van der Waals surface area contributed by atoms with Gasteiger partial charge in [0.2, 0.25) is 0 Å². The largest absolute Gasteiger partial charge is 0.388 e. The summed E-state index contributed by atoms with van der Waals surface area (Å²) in [6, 6.07) is 2.01. The van der Waals surface area contributed by atoms with Crippen molar-refractivity contribution >= 4 is 27.3 Å². The first-order valence-electron chi connectivity index (χ1n) is 5.25. The third-order valence-electron chi connectivity index (χ3n) is 2.81. The molecule has 1 aromatic heterocycles. The minimum atomic E-state index is -0.301. The molecule has 84 valence electrons. The Hall–Kier alpha value is 0.1000. The summed E-state index contributed by atoms with van der Waals surface area (Å²) in [5.74, 6) is 0.620. The lowest BCUT2D eigenvalue weighted by Crippen LogP contribution is -2.17. The summed E-state index contributed by atoms with van der Waals surface area (Å²) < 4.78 is 6.37. The zero-order valence-corrected chi connectivity index (χ0v) is 10.9. The van der Waals surface area contributed by atoms with Crippen LogP contribution in [-0.2, 0) is 4.74 Å². The molecule has 1 atom stereocenters. The Bertz CT molecular complexity index is 307. The highest BCUT2D eigenvalue weighted by atomic mass is 79.9. The highest BCUT2D eigenvalue weighted by Crippen LogP contribution is 2.32. The average Bonchev–Trinajstić information content (AvgIpc) is 2.66. The number of thiophene rings is 1. The van der Waals surface area contributed by atoms with Crippen molar-refractivity contribution < 1.29 is 9.84 Å². The van der Waals surface area contributed by atoms with Crippen molar-refractivity contribution in [1.29, 1.82) is 0 Å². The van der Waals surface area contributed by atoms with Crippen molar-refractivity contribution in [3.05, 3.63) is 20.8 Å². The van der Waals surface area contributed by atoms with Crippen LogP contribution in [0.1, 0.15) is 30.2 Å². The smallest absolute Gasteiger partial charge is 0.0885 e. The van der Waals surface area contributed by atoms with E-state index in [4.69, 9.17) is 4.74 Å². The standard InChI is InChI=1S/C11H15BrO2S/c12-9-6-11(15-7-9)10(13)5-8-1-3-14-4-2-8/h6-8,10,13H,1-5H2. The van der Waals surface area contributed by atoms with Crippen LogP contribution in [0.15, 0.2) is 15.9 Å². The summed E-state index contributed by atoms with van der Waals surface area (Å²) in [6.07, 6.45) is 2.74. The first kappa shape index (κ1) is 11.6. The summed E-state index contributed by atoms with van der Waals surface area (Å²) in [6.45, 7) is 1.71. The van der Waals surface area contributed by atoms with Gasteiger partial charge in [-0.15, -0.1) is 11.3 Å². The molecule has 0 amide bonds. The second-order valence-electron chi connectivity index (χ2n) is 3.97. The first-order chi connectivity index (χ1) is 7.25. The van der Waals surface area contributed by atoms with Crippen LogP contribution >= 0.6 is 27.3 Å². The van der Waals surface area contributed by atoms with E-state index in [0.717, 1.165) is 41.8 Å². The number of hydrogen-bond donors (Lipinski definition) is 1. The lowest BCUT2D eigenvalue weighted by atomic mass is 9.93.